The maximum absolute atomic E-state index is 5.47. The van der Waals surface area contributed by atoms with Crippen molar-refractivity contribution in [1.29, 1.82) is 0 Å². The van der Waals surface area contributed by atoms with Crippen molar-refractivity contribution in [2.24, 2.45) is 0 Å². The molecule has 678 valence electrons. The second kappa shape index (κ2) is 32.4. The van der Waals surface area contributed by atoms with Gasteiger partial charge in [-0.05, 0) is 256 Å². The highest BCUT2D eigenvalue weighted by atomic mass is 15.1. The third-order valence-corrected chi connectivity index (χ3v) is 30.9. The third-order valence-electron chi connectivity index (χ3n) is 30.9. The van der Waals surface area contributed by atoms with Crippen LogP contribution in [0.1, 0.15) is 0 Å². The first kappa shape index (κ1) is 82.0. The molecule has 9 nitrogen and oxygen atoms in total. The van der Waals surface area contributed by atoms with E-state index in [-0.39, 0.29) is 0 Å². The van der Waals surface area contributed by atoms with Gasteiger partial charge in [0, 0.05) is 49.0 Å². The Morgan fingerprint density at radius 2 is 0.401 bits per heavy atom. The molecule has 0 radical (unpaired) electrons. The van der Waals surface area contributed by atoms with Crippen molar-refractivity contribution in [3.8, 4) is 151 Å². The number of hydrogen-bond acceptors (Lipinski definition) is 6. The van der Waals surface area contributed by atoms with Crippen LogP contribution in [-0.2, 0) is 0 Å². The van der Waals surface area contributed by atoms with Crippen molar-refractivity contribution in [3.05, 3.63) is 491 Å². The maximum atomic E-state index is 5.47. The van der Waals surface area contributed by atoms with Gasteiger partial charge in [-0.2, -0.15) is 0 Å². The topological polar surface area (TPSA) is 92.1 Å². The van der Waals surface area contributed by atoms with Crippen LogP contribution in [0.15, 0.2) is 491 Å². The van der Waals surface area contributed by atoms with Crippen LogP contribution in [0, 0.1) is 0 Å². The molecule has 24 aromatic carbocycles. The molecule has 0 saturated heterocycles. The van der Waals surface area contributed by atoms with Crippen LogP contribution in [0.4, 0.5) is 0 Å². The van der Waals surface area contributed by atoms with E-state index in [2.05, 4.69) is 469 Å². The lowest BCUT2D eigenvalue weighted by molar-refractivity contribution is 1.08. The van der Waals surface area contributed by atoms with E-state index in [0.29, 0.717) is 0 Å². The number of benzene rings is 24. The maximum Gasteiger partial charge on any atom is 0.165 e. The summed E-state index contributed by atoms with van der Waals surface area (Å²) in [4.78, 5) is 32.3. The molecule has 0 amide bonds. The van der Waals surface area contributed by atoms with Gasteiger partial charge in [0.25, 0.3) is 0 Å². The summed E-state index contributed by atoms with van der Waals surface area (Å²) in [7, 11) is 0. The fraction of sp³-hybridized carbons (Fsp3) is 0. The third kappa shape index (κ3) is 12.7. The predicted octanol–water partition coefficient (Wildman–Crippen LogP) is 36.0. The summed E-state index contributed by atoms with van der Waals surface area (Å²) >= 11 is 0. The zero-order chi connectivity index (χ0) is 96.2. The quantitative estimate of drug-likeness (QED) is 0.143. The van der Waals surface area contributed by atoms with Crippen LogP contribution in [-0.4, -0.2) is 43.6 Å². The molecule has 147 heavy (non-hydrogen) atoms. The first-order valence-corrected chi connectivity index (χ1v) is 50.3. The minimum absolute atomic E-state index is 0.829. The summed E-state index contributed by atoms with van der Waals surface area (Å²) in [6.07, 6.45) is 0. The van der Waals surface area contributed by atoms with Crippen molar-refractivity contribution in [2.45, 2.75) is 0 Å². The number of nitrogens with zero attached hydrogens (tertiary/aromatic N) is 9. The molecule has 3 aliphatic rings. The fourth-order valence-corrected chi connectivity index (χ4v) is 24.4. The molecular weight excluding hydrogens is 1780 g/mol. The van der Waals surface area contributed by atoms with Gasteiger partial charge in [-0.25, -0.2) is 29.9 Å². The Morgan fingerprint density at radius 1 is 0.122 bits per heavy atom. The summed E-state index contributed by atoms with van der Waals surface area (Å²) in [5.41, 5.74) is 39.9. The lowest BCUT2D eigenvalue weighted by Crippen LogP contribution is -2.04. The molecule has 0 unspecified atom stereocenters. The van der Waals surface area contributed by atoms with Crippen LogP contribution in [0.25, 0.3) is 315 Å². The highest BCUT2D eigenvalue weighted by Gasteiger charge is 2.33. The fourth-order valence-electron chi connectivity index (χ4n) is 24.4. The first-order valence-electron chi connectivity index (χ1n) is 50.3. The number of hydrogen-bond donors (Lipinski definition) is 0. The number of aromatic nitrogens is 9. The van der Waals surface area contributed by atoms with E-state index in [1.807, 2.05) is 36.4 Å². The minimum atomic E-state index is 0.829. The second-order valence-corrected chi connectivity index (χ2v) is 38.9. The van der Waals surface area contributed by atoms with Crippen LogP contribution < -0.4 is 0 Å². The summed E-state index contributed by atoms with van der Waals surface area (Å²) in [6, 6.07) is 177. The normalized spacial score (nSPS) is 12.1. The molecule has 0 atom stereocenters. The molecule has 6 aromatic heterocycles. The first-order chi connectivity index (χ1) is 72.9. The van der Waals surface area contributed by atoms with Gasteiger partial charge in [-0.1, -0.05) is 400 Å². The van der Waals surface area contributed by atoms with E-state index in [1.54, 1.807) is 0 Å². The summed E-state index contributed by atoms with van der Waals surface area (Å²) < 4.78 is 7.09. The largest absolute Gasteiger partial charge is 0.292 e. The molecule has 3 aliphatic carbocycles. The van der Waals surface area contributed by atoms with Gasteiger partial charge in [0.1, 0.15) is 17.1 Å². The number of fused-ring (bicyclic) bond motifs is 15. The Bertz CT molecular complexity index is 10900. The molecule has 6 heterocycles. The number of rotatable bonds is 9. The van der Waals surface area contributed by atoms with Crippen LogP contribution >= 0.6 is 0 Å². The Hall–Kier alpha value is -19.7. The highest BCUT2D eigenvalue weighted by molar-refractivity contribution is 6.34. The zero-order valence-electron chi connectivity index (χ0n) is 79.3. The van der Waals surface area contributed by atoms with Crippen LogP contribution in [0.2, 0.25) is 0 Å². The molecule has 9 heteroatoms. The lowest BCUT2D eigenvalue weighted by Gasteiger charge is -2.17. The van der Waals surface area contributed by atoms with Gasteiger partial charge < -0.3 is 0 Å². The molecule has 0 bridgehead atoms. The van der Waals surface area contributed by atoms with E-state index in [0.717, 1.165) is 117 Å². The SMILES string of the molecule is c1ccc(-c2cc3c4c5c6c(cccc6ccc5n(-c5nc6ccccc6nc5-c5ccc6ccccc6c5)c4c2)-c2ccccc2-3)cc1.c1ccc2c(c1)-c1cccc3ccc4c(c13)c1c-2cccc1n4-c1nc2ccccc2nc1-c1ccc(-c2ccc3ccccc3c2)cc1.c1ccc2c(c1)-c1cccc3ccc4c(c13)c1c-2cccc1n4-c1nc2ccccc2nc1-c1ccc(-c2cccc3ccccc23)cc1. The Morgan fingerprint density at radius 3 is 0.850 bits per heavy atom. The summed E-state index contributed by atoms with van der Waals surface area (Å²) in [5, 5.41) is 22.5. The molecule has 0 fully saturated rings. The van der Waals surface area contributed by atoms with Crippen molar-refractivity contribution in [3.63, 3.8) is 0 Å². The van der Waals surface area contributed by atoms with Gasteiger partial charge in [0.15, 0.2) is 17.5 Å². The van der Waals surface area contributed by atoms with E-state index < -0.39 is 0 Å². The molecule has 33 rings (SSSR count). The lowest BCUT2D eigenvalue weighted by atomic mass is 9.92. The predicted molar refractivity (Wildman–Crippen MR) is 613 cm³/mol. The average molecular weight is 1870 g/mol. The number of para-hydroxylation sites is 6. The van der Waals surface area contributed by atoms with Crippen LogP contribution in [0.5, 0.6) is 0 Å². The minimum Gasteiger partial charge on any atom is -0.292 e. The Balaban J connectivity index is 0.0000000999. The van der Waals surface area contributed by atoms with Crippen molar-refractivity contribution in [1.82, 2.24) is 43.6 Å². The highest BCUT2D eigenvalue weighted by Crippen LogP contribution is 2.56. The molecule has 0 N–H and O–H groups in total. The molecule has 0 aliphatic heterocycles. The standard InChI is InChI=1S/3C46H27N3/c1-2-13-32-28(10-1)11-7-16-33(32)29-22-24-31(25-23-29)45-46(48-39-20-6-5-19-38(39)47-45)49-40-21-9-18-37-35-15-4-3-14-34(35)36-17-8-12-30-26-27-41(49)44(42(30)36)43(37)40;1-2-10-32-27-33(24-21-28(32)9-1)29-19-22-31(23-20-29)45-46(48-39-17-6-5-16-38(39)47-45)49-40-18-8-15-37-35-13-4-3-12-34(35)36-14-7-11-30-25-26-41(49)44(42(30)36)43(37)40;1-2-11-28(12-3-1)33-26-37-35-17-7-6-16-34(35)36-18-10-15-30-23-24-40-44(42(30)36)43(37)41(27-33)49(40)46-45(47-38-19-8-9-20-39(38)48-46)32-22-21-29-13-4-5-14-31(29)25-32/h3*1-27H. The van der Waals surface area contributed by atoms with Crippen molar-refractivity contribution in [2.75, 3.05) is 0 Å². The summed E-state index contributed by atoms with van der Waals surface area (Å²) in [6.45, 7) is 0. The Kier molecular flexibility index (Phi) is 18.1. The molecule has 30 aromatic rings. The van der Waals surface area contributed by atoms with Crippen LogP contribution in [0.3, 0.4) is 0 Å². The van der Waals surface area contributed by atoms with Gasteiger partial charge in [0.2, 0.25) is 0 Å². The molecule has 0 spiro atoms. The van der Waals surface area contributed by atoms with E-state index in [4.69, 9.17) is 29.9 Å². The van der Waals surface area contributed by atoms with E-state index in [1.165, 1.54) is 197 Å². The van der Waals surface area contributed by atoms with E-state index in [9.17, 15) is 0 Å². The molecular formula is C138H81N9. The second-order valence-electron chi connectivity index (χ2n) is 38.9. The Labute approximate surface area is 843 Å². The zero-order valence-corrected chi connectivity index (χ0v) is 79.3. The monoisotopic (exact) mass is 1860 g/mol. The summed E-state index contributed by atoms with van der Waals surface area (Å²) in [5.74, 6) is 2.50. The van der Waals surface area contributed by atoms with Gasteiger partial charge in [-0.3, -0.25) is 13.7 Å². The smallest absolute Gasteiger partial charge is 0.165 e. The average Bonchev–Trinajstić information content (AvgIpc) is 1.56. The van der Waals surface area contributed by atoms with Crippen molar-refractivity contribution < 1.29 is 0 Å². The van der Waals surface area contributed by atoms with E-state index >= 15 is 0 Å². The van der Waals surface area contributed by atoms with Crippen molar-refractivity contribution >= 4 is 163 Å². The molecule has 0 saturated carbocycles. The van der Waals surface area contributed by atoms with Gasteiger partial charge >= 0.3 is 0 Å². The van der Waals surface area contributed by atoms with Gasteiger partial charge in [0.05, 0.1) is 66.2 Å². The van der Waals surface area contributed by atoms with Gasteiger partial charge in [-0.15, -0.1) is 0 Å².